The Bertz CT molecular complexity index is 879. The van der Waals surface area contributed by atoms with E-state index >= 15 is 0 Å². The number of aromatic nitrogens is 1. The van der Waals surface area contributed by atoms with E-state index in [0.29, 0.717) is 12.5 Å². The molecule has 3 aromatic rings. The third kappa shape index (κ3) is 4.58. The van der Waals surface area contributed by atoms with Gasteiger partial charge in [-0.2, -0.15) is 0 Å². The van der Waals surface area contributed by atoms with E-state index in [0.717, 1.165) is 44.5 Å². The van der Waals surface area contributed by atoms with Crippen molar-refractivity contribution >= 4 is 16.8 Å². The number of carbonyl (C=O) groups is 1. The number of hydrogen-bond acceptors (Lipinski definition) is 2. The highest BCUT2D eigenvalue weighted by molar-refractivity contribution is 5.83. The lowest BCUT2D eigenvalue weighted by Crippen LogP contribution is -2.45. The molecule has 140 valence electrons. The van der Waals surface area contributed by atoms with Gasteiger partial charge in [0.15, 0.2) is 0 Å². The number of rotatable bonds is 6. The van der Waals surface area contributed by atoms with Gasteiger partial charge < -0.3 is 15.2 Å². The lowest BCUT2D eigenvalue weighted by molar-refractivity contribution is -0.121. The largest absolute Gasteiger partial charge is 0.361 e. The number of likely N-dealkylation sites (tertiary alicyclic amines) is 1. The number of carbonyl (C=O) groups excluding carboxylic acids is 1. The second-order valence-electron chi connectivity index (χ2n) is 7.46. The van der Waals surface area contributed by atoms with Crippen molar-refractivity contribution in [1.82, 2.24) is 15.2 Å². The van der Waals surface area contributed by atoms with Crippen LogP contribution in [0.2, 0.25) is 0 Å². The molecule has 0 radical (unpaired) electrons. The molecule has 4 nitrogen and oxygen atoms in total. The Kier molecular flexibility index (Phi) is 5.54. The van der Waals surface area contributed by atoms with Crippen LogP contribution < -0.4 is 5.32 Å². The zero-order valence-electron chi connectivity index (χ0n) is 15.7. The molecule has 0 aliphatic carbocycles. The van der Waals surface area contributed by atoms with Gasteiger partial charge in [-0.1, -0.05) is 48.5 Å². The van der Waals surface area contributed by atoms with Gasteiger partial charge >= 0.3 is 0 Å². The topological polar surface area (TPSA) is 48.1 Å². The van der Waals surface area contributed by atoms with Gasteiger partial charge in [-0.25, -0.2) is 0 Å². The third-order valence-corrected chi connectivity index (χ3v) is 5.53. The Morgan fingerprint density at radius 2 is 1.78 bits per heavy atom. The molecule has 0 spiro atoms. The third-order valence-electron chi connectivity index (χ3n) is 5.53. The van der Waals surface area contributed by atoms with Crippen LogP contribution >= 0.6 is 0 Å². The molecule has 1 amide bonds. The van der Waals surface area contributed by atoms with E-state index in [9.17, 15) is 4.79 Å². The number of para-hydroxylation sites is 1. The molecule has 4 rings (SSSR count). The average Bonchev–Trinajstić information content (AvgIpc) is 3.11. The quantitative estimate of drug-likeness (QED) is 0.706. The van der Waals surface area contributed by atoms with E-state index in [1.165, 1.54) is 16.5 Å². The van der Waals surface area contributed by atoms with Gasteiger partial charge in [0.1, 0.15) is 0 Å². The Morgan fingerprint density at radius 1 is 1.04 bits per heavy atom. The van der Waals surface area contributed by atoms with Gasteiger partial charge in [-0.05, 0) is 36.5 Å². The smallest absolute Gasteiger partial charge is 0.224 e. The van der Waals surface area contributed by atoms with Gasteiger partial charge in [0.05, 0.1) is 6.42 Å². The standard InChI is InChI=1S/C23H27N3O/c27-23(16-18-6-2-1-3-7-18)25-20-11-14-26(15-12-20)13-10-19-17-24-22-9-5-4-8-21(19)22/h1-9,17,20,24H,10-16H2,(H,25,27). The first-order valence-electron chi connectivity index (χ1n) is 9.88. The number of H-pyrrole nitrogens is 1. The van der Waals surface area contributed by atoms with Crippen LogP contribution in [0.4, 0.5) is 0 Å². The number of amides is 1. The van der Waals surface area contributed by atoms with E-state index in [4.69, 9.17) is 0 Å². The molecule has 1 fully saturated rings. The fourth-order valence-electron chi connectivity index (χ4n) is 3.98. The molecule has 2 aromatic carbocycles. The highest BCUT2D eigenvalue weighted by atomic mass is 16.1. The normalized spacial score (nSPS) is 15.9. The Hall–Kier alpha value is -2.59. The van der Waals surface area contributed by atoms with Gasteiger partial charge in [0.25, 0.3) is 0 Å². The Balaban J connectivity index is 1.21. The van der Waals surface area contributed by atoms with Crippen molar-refractivity contribution in [3.63, 3.8) is 0 Å². The van der Waals surface area contributed by atoms with Gasteiger partial charge in [0, 0.05) is 42.8 Å². The summed E-state index contributed by atoms with van der Waals surface area (Å²) in [6.45, 7) is 3.18. The minimum Gasteiger partial charge on any atom is -0.361 e. The molecule has 1 aliphatic rings. The van der Waals surface area contributed by atoms with Crippen LogP contribution in [0.3, 0.4) is 0 Å². The predicted octanol–water partition coefficient (Wildman–Crippen LogP) is 3.53. The molecule has 1 aromatic heterocycles. The zero-order chi connectivity index (χ0) is 18.5. The van der Waals surface area contributed by atoms with Crippen LogP contribution in [0.15, 0.2) is 60.8 Å². The van der Waals surface area contributed by atoms with E-state index < -0.39 is 0 Å². The van der Waals surface area contributed by atoms with Gasteiger partial charge in [-0.3, -0.25) is 4.79 Å². The highest BCUT2D eigenvalue weighted by Gasteiger charge is 2.20. The summed E-state index contributed by atoms with van der Waals surface area (Å²) in [5, 5.41) is 4.54. The Labute approximate surface area is 160 Å². The maximum absolute atomic E-state index is 12.2. The summed E-state index contributed by atoms with van der Waals surface area (Å²) in [5.41, 5.74) is 3.68. The molecule has 0 unspecified atom stereocenters. The molecule has 2 heterocycles. The fourth-order valence-corrected chi connectivity index (χ4v) is 3.98. The highest BCUT2D eigenvalue weighted by Crippen LogP contribution is 2.19. The summed E-state index contributed by atoms with van der Waals surface area (Å²) in [6, 6.07) is 18.8. The summed E-state index contributed by atoms with van der Waals surface area (Å²) in [4.78, 5) is 18.1. The zero-order valence-corrected chi connectivity index (χ0v) is 15.7. The van der Waals surface area contributed by atoms with Crippen LogP contribution in [0.25, 0.3) is 10.9 Å². The number of fused-ring (bicyclic) bond motifs is 1. The SMILES string of the molecule is O=C(Cc1ccccc1)NC1CCN(CCc2c[nH]c3ccccc23)CC1. The number of piperidine rings is 1. The molecule has 0 atom stereocenters. The van der Waals surface area contributed by atoms with Crippen LogP contribution in [-0.4, -0.2) is 41.5 Å². The molecule has 1 saturated heterocycles. The van der Waals surface area contributed by atoms with Crippen molar-refractivity contribution < 1.29 is 4.79 Å². The van der Waals surface area contributed by atoms with Crippen molar-refractivity contribution in [1.29, 1.82) is 0 Å². The lowest BCUT2D eigenvalue weighted by Gasteiger charge is -2.32. The fraction of sp³-hybridized carbons (Fsp3) is 0.348. The molecule has 0 saturated carbocycles. The second-order valence-corrected chi connectivity index (χ2v) is 7.46. The van der Waals surface area contributed by atoms with E-state index in [1.807, 2.05) is 30.3 Å². The summed E-state index contributed by atoms with van der Waals surface area (Å²) in [5.74, 6) is 0.137. The van der Waals surface area contributed by atoms with E-state index in [1.54, 1.807) is 0 Å². The minimum absolute atomic E-state index is 0.137. The van der Waals surface area contributed by atoms with Crippen LogP contribution in [0, 0.1) is 0 Å². The first-order chi connectivity index (χ1) is 13.3. The summed E-state index contributed by atoms with van der Waals surface area (Å²) >= 11 is 0. The molecular formula is C23H27N3O. The Morgan fingerprint density at radius 3 is 2.59 bits per heavy atom. The van der Waals surface area contributed by atoms with Gasteiger partial charge in [-0.15, -0.1) is 0 Å². The molecule has 27 heavy (non-hydrogen) atoms. The van der Waals surface area contributed by atoms with Gasteiger partial charge in [0.2, 0.25) is 5.91 Å². The summed E-state index contributed by atoms with van der Waals surface area (Å²) in [6.07, 6.45) is 5.75. The van der Waals surface area contributed by atoms with Crippen LogP contribution in [0.1, 0.15) is 24.0 Å². The molecule has 1 aliphatic heterocycles. The van der Waals surface area contributed by atoms with Crippen LogP contribution in [-0.2, 0) is 17.6 Å². The lowest BCUT2D eigenvalue weighted by atomic mass is 10.0. The maximum atomic E-state index is 12.2. The molecule has 0 bridgehead atoms. The first-order valence-corrected chi connectivity index (χ1v) is 9.88. The van der Waals surface area contributed by atoms with Crippen molar-refractivity contribution in [3.05, 3.63) is 71.9 Å². The summed E-state index contributed by atoms with van der Waals surface area (Å²) in [7, 11) is 0. The summed E-state index contributed by atoms with van der Waals surface area (Å²) < 4.78 is 0. The van der Waals surface area contributed by atoms with Crippen molar-refractivity contribution in [3.8, 4) is 0 Å². The maximum Gasteiger partial charge on any atom is 0.224 e. The number of nitrogens with one attached hydrogen (secondary N) is 2. The monoisotopic (exact) mass is 361 g/mol. The first kappa shape index (κ1) is 17.8. The number of hydrogen-bond donors (Lipinski definition) is 2. The second kappa shape index (κ2) is 8.40. The van der Waals surface area contributed by atoms with E-state index in [-0.39, 0.29) is 5.91 Å². The van der Waals surface area contributed by atoms with Crippen molar-refractivity contribution in [2.24, 2.45) is 0 Å². The average molecular weight is 361 g/mol. The minimum atomic E-state index is 0.137. The number of nitrogens with zero attached hydrogens (tertiary/aromatic N) is 1. The van der Waals surface area contributed by atoms with Crippen molar-refractivity contribution in [2.75, 3.05) is 19.6 Å². The number of benzene rings is 2. The number of aromatic amines is 1. The molecule has 4 heteroatoms. The molecule has 2 N–H and O–H groups in total. The van der Waals surface area contributed by atoms with E-state index in [2.05, 4.69) is 45.7 Å². The van der Waals surface area contributed by atoms with Crippen molar-refractivity contribution in [2.45, 2.75) is 31.7 Å². The molecular weight excluding hydrogens is 334 g/mol. The van der Waals surface area contributed by atoms with Crippen LogP contribution in [0.5, 0.6) is 0 Å². The predicted molar refractivity (Wildman–Crippen MR) is 110 cm³/mol.